The summed E-state index contributed by atoms with van der Waals surface area (Å²) in [4.78, 5) is 18.0. The summed E-state index contributed by atoms with van der Waals surface area (Å²) < 4.78 is 72.7. The molecule has 0 unspecified atom stereocenters. The number of benzene rings is 1. The quantitative estimate of drug-likeness (QED) is 0.479. The van der Waals surface area contributed by atoms with Crippen LogP contribution in [0.4, 0.5) is 19.0 Å². The van der Waals surface area contributed by atoms with Gasteiger partial charge in [-0.05, 0) is 30.3 Å². The van der Waals surface area contributed by atoms with Gasteiger partial charge in [0.05, 0.1) is 33.3 Å². The number of sulfonamides is 1. The number of methoxy groups -OCH3 is 1. The monoisotopic (exact) mass is 519 g/mol. The van der Waals surface area contributed by atoms with Crippen LogP contribution in [-0.4, -0.2) is 57.0 Å². The van der Waals surface area contributed by atoms with Crippen molar-refractivity contribution in [3.63, 3.8) is 0 Å². The number of piperazine rings is 1. The SMILES string of the molecule is COC(=O)c1csc2c(C(F)(F)F)cc(N3CCN(S(=O)(=O)c4ccc(Cl)cc4)CC3)nc12. The van der Waals surface area contributed by atoms with Crippen molar-refractivity contribution >= 4 is 55.0 Å². The number of carbonyl (C=O) groups is 1. The number of esters is 1. The highest BCUT2D eigenvalue weighted by Gasteiger charge is 2.37. The minimum Gasteiger partial charge on any atom is -0.465 e. The van der Waals surface area contributed by atoms with Crippen LogP contribution in [0, 0.1) is 0 Å². The summed E-state index contributed by atoms with van der Waals surface area (Å²) in [5.74, 6) is -0.764. The Balaban J connectivity index is 1.64. The van der Waals surface area contributed by atoms with E-state index in [9.17, 15) is 26.4 Å². The molecule has 0 atom stereocenters. The first-order valence-electron chi connectivity index (χ1n) is 9.61. The smallest absolute Gasteiger partial charge is 0.417 e. The third-order valence-corrected chi connectivity index (χ3v) is 8.40. The van der Waals surface area contributed by atoms with E-state index in [4.69, 9.17) is 11.6 Å². The Morgan fingerprint density at radius 3 is 2.36 bits per heavy atom. The second-order valence-electron chi connectivity index (χ2n) is 7.19. The van der Waals surface area contributed by atoms with Crippen molar-refractivity contribution in [2.45, 2.75) is 11.1 Å². The summed E-state index contributed by atoms with van der Waals surface area (Å²) >= 11 is 6.59. The highest BCUT2D eigenvalue weighted by Crippen LogP contribution is 2.40. The number of hydrogen-bond acceptors (Lipinski definition) is 7. The third kappa shape index (κ3) is 4.52. The van der Waals surface area contributed by atoms with Crippen LogP contribution in [0.3, 0.4) is 0 Å². The molecule has 1 aromatic carbocycles. The maximum Gasteiger partial charge on any atom is 0.417 e. The van der Waals surface area contributed by atoms with Gasteiger partial charge in [-0.2, -0.15) is 17.5 Å². The fraction of sp³-hybridized carbons (Fsp3) is 0.300. The van der Waals surface area contributed by atoms with Gasteiger partial charge in [-0.15, -0.1) is 11.3 Å². The molecule has 1 saturated heterocycles. The number of rotatable bonds is 4. The van der Waals surface area contributed by atoms with E-state index in [1.54, 1.807) is 4.90 Å². The number of halogens is 4. The van der Waals surface area contributed by atoms with Gasteiger partial charge in [-0.1, -0.05) is 11.6 Å². The predicted molar refractivity (Wildman–Crippen MR) is 118 cm³/mol. The van der Waals surface area contributed by atoms with Crippen molar-refractivity contribution in [1.29, 1.82) is 0 Å². The number of pyridine rings is 1. The van der Waals surface area contributed by atoms with E-state index in [-0.39, 0.29) is 52.7 Å². The van der Waals surface area contributed by atoms with Gasteiger partial charge in [-0.25, -0.2) is 18.2 Å². The zero-order valence-electron chi connectivity index (χ0n) is 17.1. The van der Waals surface area contributed by atoms with Crippen molar-refractivity contribution in [3.8, 4) is 0 Å². The van der Waals surface area contributed by atoms with Crippen LogP contribution < -0.4 is 4.90 Å². The molecule has 33 heavy (non-hydrogen) atoms. The number of nitrogens with zero attached hydrogens (tertiary/aromatic N) is 3. The lowest BCUT2D eigenvalue weighted by Gasteiger charge is -2.35. The minimum absolute atomic E-state index is 0.0157. The molecule has 0 bridgehead atoms. The second kappa shape index (κ2) is 8.75. The first kappa shape index (κ1) is 23.7. The Labute approximate surface area is 196 Å². The number of fused-ring (bicyclic) bond motifs is 1. The van der Waals surface area contributed by atoms with Crippen molar-refractivity contribution < 1.29 is 31.1 Å². The molecule has 3 heterocycles. The molecule has 1 fully saturated rings. The highest BCUT2D eigenvalue weighted by molar-refractivity contribution is 7.89. The van der Waals surface area contributed by atoms with Crippen LogP contribution in [-0.2, 0) is 20.9 Å². The number of alkyl halides is 3. The summed E-state index contributed by atoms with van der Waals surface area (Å²) in [5.41, 5.74) is -1.04. The van der Waals surface area contributed by atoms with Crippen molar-refractivity contribution in [3.05, 3.63) is 51.9 Å². The lowest BCUT2D eigenvalue weighted by molar-refractivity contribution is -0.136. The minimum atomic E-state index is -4.66. The third-order valence-electron chi connectivity index (χ3n) is 5.23. The Morgan fingerprint density at radius 2 is 1.79 bits per heavy atom. The molecule has 1 aliphatic rings. The van der Waals surface area contributed by atoms with Crippen LogP contribution in [0.1, 0.15) is 15.9 Å². The fourth-order valence-corrected chi connectivity index (χ4v) is 6.10. The summed E-state index contributed by atoms with van der Waals surface area (Å²) in [6, 6.07) is 6.69. The number of ether oxygens (including phenoxy) is 1. The van der Waals surface area contributed by atoms with Gasteiger partial charge in [-0.3, -0.25) is 0 Å². The van der Waals surface area contributed by atoms with E-state index < -0.39 is 27.7 Å². The van der Waals surface area contributed by atoms with E-state index in [0.29, 0.717) is 5.02 Å². The molecular formula is C20H17ClF3N3O4S2. The van der Waals surface area contributed by atoms with Crippen LogP contribution >= 0.6 is 22.9 Å². The fourth-order valence-electron chi connectivity index (χ4n) is 3.54. The van der Waals surface area contributed by atoms with E-state index >= 15 is 0 Å². The molecule has 0 N–H and O–H groups in total. The van der Waals surface area contributed by atoms with E-state index in [1.165, 1.54) is 34.0 Å². The number of thiophene rings is 1. The van der Waals surface area contributed by atoms with Crippen LogP contribution in [0.15, 0.2) is 40.6 Å². The maximum atomic E-state index is 13.7. The average Bonchev–Trinajstić information content (AvgIpc) is 3.21. The molecule has 1 aliphatic heterocycles. The van der Waals surface area contributed by atoms with Gasteiger partial charge in [0.2, 0.25) is 10.0 Å². The zero-order chi connectivity index (χ0) is 24.0. The van der Waals surface area contributed by atoms with Gasteiger partial charge in [0, 0.05) is 36.6 Å². The number of anilines is 1. The molecule has 0 saturated carbocycles. The van der Waals surface area contributed by atoms with E-state index in [0.717, 1.165) is 24.5 Å². The molecule has 13 heteroatoms. The standard InChI is InChI=1S/C20H17ClF3N3O4S2/c1-31-19(28)14-11-32-18-15(20(22,23)24)10-16(25-17(14)18)26-6-8-27(9-7-26)33(29,30)13-4-2-12(21)3-5-13/h2-5,10-11H,6-9H2,1H3. The Hall–Kier alpha value is -2.41. The van der Waals surface area contributed by atoms with Gasteiger partial charge in [0.1, 0.15) is 5.82 Å². The number of carbonyl (C=O) groups excluding carboxylic acids is 1. The lowest BCUT2D eigenvalue weighted by atomic mass is 10.1. The largest absolute Gasteiger partial charge is 0.465 e. The number of aromatic nitrogens is 1. The van der Waals surface area contributed by atoms with Crippen LogP contribution in [0.5, 0.6) is 0 Å². The highest BCUT2D eigenvalue weighted by atomic mass is 35.5. The molecule has 3 aromatic rings. The van der Waals surface area contributed by atoms with Crippen LogP contribution in [0.2, 0.25) is 5.02 Å². The maximum absolute atomic E-state index is 13.7. The molecule has 0 amide bonds. The summed E-state index contributed by atoms with van der Waals surface area (Å²) in [5, 5.41) is 1.69. The van der Waals surface area contributed by atoms with Gasteiger partial charge in [0.15, 0.2) is 0 Å². The van der Waals surface area contributed by atoms with Gasteiger partial charge in [0.25, 0.3) is 0 Å². The molecule has 2 aromatic heterocycles. The average molecular weight is 520 g/mol. The summed E-state index contributed by atoms with van der Waals surface area (Å²) in [7, 11) is -2.64. The van der Waals surface area contributed by atoms with Gasteiger partial charge >= 0.3 is 12.1 Å². The zero-order valence-corrected chi connectivity index (χ0v) is 19.5. The summed E-state index contributed by atoms with van der Waals surface area (Å²) in [6.07, 6.45) is -4.66. The van der Waals surface area contributed by atoms with Gasteiger partial charge < -0.3 is 9.64 Å². The normalized spacial score (nSPS) is 15.7. The molecule has 0 spiro atoms. The Morgan fingerprint density at radius 1 is 1.15 bits per heavy atom. The van der Waals surface area contributed by atoms with Crippen molar-refractivity contribution in [2.75, 3.05) is 38.2 Å². The molecular weight excluding hydrogens is 503 g/mol. The first-order chi connectivity index (χ1) is 15.5. The molecule has 7 nitrogen and oxygen atoms in total. The molecule has 0 aliphatic carbocycles. The Kier molecular flexibility index (Phi) is 6.29. The van der Waals surface area contributed by atoms with Crippen molar-refractivity contribution in [2.24, 2.45) is 0 Å². The van der Waals surface area contributed by atoms with E-state index in [1.807, 2.05) is 0 Å². The van der Waals surface area contributed by atoms with Crippen molar-refractivity contribution in [1.82, 2.24) is 9.29 Å². The summed E-state index contributed by atoms with van der Waals surface area (Å²) in [6.45, 7) is 0.361. The second-order valence-corrected chi connectivity index (χ2v) is 10.4. The lowest BCUT2D eigenvalue weighted by Crippen LogP contribution is -2.49. The topological polar surface area (TPSA) is 79.8 Å². The predicted octanol–water partition coefficient (Wildman–Crippen LogP) is 4.27. The molecule has 0 radical (unpaired) electrons. The Bertz CT molecular complexity index is 1300. The molecule has 176 valence electrons. The van der Waals surface area contributed by atoms with E-state index in [2.05, 4.69) is 9.72 Å². The number of hydrogen-bond donors (Lipinski definition) is 0. The van der Waals surface area contributed by atoms with Crippen LogP contribution in [0.25, 0.3) is 10.2 Å². The first-order valence-corrected chi connectivity index (χ1v) is 12.3. The molecule has 4 rings (SSSR count).